The highest BCUT2D eigenvalue weighted by Gasteiger charge is 2.19. The van der Waals surface area contributed by atoms with Crippen LogP contribution in [0.2, 0.25) is 0 Å². The normalized spacial score (nSPS) is 11.8. The molecule has 0 atom stereocenters. The van der Waals surface area contributed by atoms with Gasteiger partial charge in [0, 0.05) is 0 Å². The number of carbonyl (C=O) groups excluding carboxylic acids is 1. The van der Waals surface area contributed by atoms with Crippen molar-refractivity contribution in [3.63, 3.8) is 0 Å². The van der Waals surface area contributed by atoms with Crippen LogP contribution in [0.4, 0.5) is 4.39 Å². The Morgan fingerprint density at radius 3 is 2.74 bits per heavy atom. The minimum Gasteiger partial charge on any atom is -0.506 e. The average molecular weight is 283 g/mol. The summed E-state index contributed by atoms with van der Waals surface area (Å²) in [5.41, 5.74) is -0.384. The average Bonchev–Trinajstić information content (AvgIpc) is 2.65. The molecule has 0 radical (unpaired) electrons. The maximum Gasteiger partial charge on any atom is 0.313 e. The van der Waals surface area contributed by atoms with Gasteiger partial charge in [0.05, 0.1) is 11.1 Å². The molecular weight excluding hydrogens is 269 g/mol. The fraction of sp³-hybridized carbons (Fsp3) is 0.385. The summed E-state index contributed by atoms with van der Waals surface area (Å²) in [6.45, 7) is 5.32. The molecule has 0 unspecified atom stereocenters. The number of benzene rings is 1. The van der Waals surface area contributed by atoms with Gasteiger partial charge in [0.2, 0.25) is 0 Å². The Morgan fingerprint density at radius 1 is 1.47 bits per heavy atom. The van der Waals surface area contributed by atoms with Crippen molar-refractivity contribution in [1.82, 2.24) is 4.98 Å². The van der Waals surface area contributed by atoms with E-state index in [-0.39, 0.29) is 22.4 Å². The lowest BCUT2D eigenvalue weighted by Crippen LogP contribution is -2.24. The van der Waals surface area contributed by atoms with Crippen LogP contribution in [0, 0.1) is 5.82 Å². The lowest BCUT2D eigenvalue weighted by atomic mass is 10.2. The Hall–Kier alpha value is -1.69. The first kappa shape index (κ1) is 13.7. The maximum atomic E-state index is 13.5. The topological polar surface area (TPSA) is 59.4 Å². The number of phenolic OH excluding ortho intramolecular Hbond substituents is 1. The Morgan fingerprint density at radius 2 is 2.16 bits per heavy atom. The Labute approximate surface area is 113 Å². The minimum absolute atomic E-state index is 0.0322. The number of carbonyl (C=O) groups is 1. The van der Waals surface area contributed by atoms with Gasteiger partial charge in [0.1, 0.15) is 27.7 Å². The molecule has 1 heterocycles. The second-order valence-electron chi connectivity index (χ2n) is 5.12. The molecule has 0 aliphatic heterocycles. The number of hydrogen-bond acceptors (Lipinski definition) is 5. The molecule has 102 valence electrons. The first-order valence-corrected chi connectivity index (χ1v) is 6.56. The van der Waals surface area contributed by atoms with E-state index in [1.165, 1.54) is 12.1 Å². The van der Waals surface area contributed by atoms with Crippen molar-refractivity contribution >= 4 is 27.5 Å². The summed E-state index contributed by atoms with van der Waals surface area (Å²) in [5, 5.41) is 10.0. The summed E-state index contributed by atoms with van der Waals surface area (Å²) < 4.78 is 18.9. The van der Waals surface area contributed by atoms with Crippen molar-refractivity contribution in [3.05, 3.63) is 23.0 Å². The third-order valence-corrected chi connectivity index (χ3v) is 3.30. The number of hydrogen-bond donors (Lipinski definition) is 1. The van der Waals surface area contributed by atoms with Crippen LogP contribution >= 0.6 is 11.3 Å². The van der Waals surface area contributed by atoms with Crippen LogP contribution in [0.5, 0.6) is 5.75 Å². The number of esters is 1. The lowest BCUT2D eigenvalue weighted by molar-refractivity contribution is -0.153. The predicted octanol–water partition coefficient (Wildman–Crippen LogP) is 3.03. The van der Waals surface area contributed by atoms with E-state index in [0.29, 0.717) is 5.01 Å². The van der Waals surface area contributed by atoms with Gasteiger partial charge in [-0.1, -0.05) is 0 Å². The Balaban J connectivity index is 2.25. The van der Waals surface area contributed by atoms with E-state index in [1.807, 2.05) is 0 Å². The van der Waals surface area contributed by atoms with Gasteiger partial charge in [0.15, 0.2) is 0 Å². The number of fused-ring (bicyclic) bond motifs is 1. The molecule has 0 saturated heterocycles. The highest BCUT2D eigenvalue weighted by Crippen LogP contribution is 2.31. The van der Waals surface area contributed by atoms with E-state index in [0.717, 1.165) is 11.3 Å². The molecule has 0 aliphatic rings. The number of phenols is 1. The number of thiazole rings is 1. The quantitative estimate of drug-likeness (QED) is 0.861. The van der Waals surface area contributed by atoms with Crippen LogP contribution in [0.25, 0.3) is 10.2 Å². The number of nitrogens with zero attached hydrogens (tertiary/aromatic N) is 1. The zero-order chi connectivity index (χ0) is 14.2. The predicted molar refractivity (Wildman–Crippen MR) is 70.8 cm³/mol. The molecule has 1 N–H and O–H groups in total. The molecular formula is C13H14FNO3S. The van der Waals surface area contributed by atoms with E-state index in [1.54, 1.807) is 20.8 Å². The van der Waals surface area contributed by atoms with Gasteiger partial charge in [-0.3, -0.25) is 4.79 Å². The van der Waals surface area contributed by atoms with E-state index >= 15 is 0 Å². The standard InChI is InChI=1S/C13H14FNO3S/c1-13(2,3)18-10(17)6-9-15-11-8(16)5-4-7(14)12(11)19-9/h4-5,16H,6H2,1-3H3. The number of aromatic nitrogens is 1. The molecule has 0 bridgehead atoms. The Kier molecular flexibility index (Phi) is 3.45. The monoisotopic (exact) mass is 283 g/mol. The first-order chi connectivity index (χ1) is 8.76. The molecule has 6 heteroatoms. The molecule has 2 aromatic rings. The summed E-state index contributed by atoms with van der Waals surface area (Å²) >= 11 is 1.05. The second-order valence-corrected chi connectivity index (χ2v) is 6.20. The van der Waals surface area contributed by atoms with Gasteiger partial charge in [-0.2, -0.15) is 0 Å². The molecule has 2 rings (SSSR count). The van der Waals surface area contributed by atoms with Gasteiger partial charge < -0.3 is 9.84 Å². The second kappa shape index (κ2) is 4.77. The third-order valence-electron chi connectivity index (χ3n) is 2.23. The fourth-order valence-electron chi connectivity index (χ4n) is 1.58. The van der Waals surface area contributed by atoms with Crippen LogP contribution in [-0.4, -0.2) is 21.7 Å². The summed E-state index contributed by atoms with van der Waals surface area (Å²) in [7, 11) is 0. The molecule has 0 aliphatic carbocycles. The van der Waals surface area contributed by atoms with Crippen molar-refractivity contribution in [2.75, 3.05) is 0 Å². The van der Waals surface area contributed by atoms with Gasteiger partial charge in [-0.05, 0) is 32.9 Å². The fourth-order valence-corrected chi connectivity index (χ4v) is 2.56. The number of aromatic hydroxyl groups is 1. The number of halogens is 1. The molecule has 0 amide bonds. The van der Waals surface area contributed by atoms with Crippen LogP contribution in [0.3, 0.4) is 0 Å². The molecule has 1 aromatic heterocycles. The molecule has 1 aromatic carbocycles. The SMILES string of the molecule is CC(C)(C)OC(=O)Cc1nc2c(O)ccc(F)c2s1. The zero-order valence-electron chi connectivity index (χ0n) is 10.9. The van der Waals surface area contributed by atoms with Crippen molar-refractivity contribution in [3.8, 4) is 5.75 Å². The molecule has 0 fully saturated rings. The highest BCUT2D eigenvalue weighted by atomic mass is 32.1. The third kappa shape index (κ3) is 3.20. The number of ether oxygens (including phenoxy) is 1. The largest absolute Gasteiger partial charge is 0.506 e. The van der Waals surface area contributed by atoms with Crippen LogP contribution in [0.15, 0.2) is 12.1 Å². The minimum atomic E-state index is -0.568. The highest BCUT2D eigenvalue weighted by molar-refractivity contribution is 7.18. The zero-order valence-corrected chi connectivity index (χ0v) is 11.7. The van der Waals surface area contributed by atoms with Gasteiger partial charge in [-0.25, -0.2) is 9.37 Å². The van der Waals surface area contributed by atoms with Gasteiger partial charge in [0.25, 0.3) is 0 Å². The van der Waals surface area contributed by atoms with Crippen molar-refractivity contribution in [1.29, 1.82) is 0 Å². The van der Waals surface area contributed by atoms with Crippen LogP contribution < -0.4 is 0 Å². The van der Waals surface area contributed by atoms with Gasteiger partial charge >= 0.3 is 5.97 Å². The molecule has 19 heavy (non-hydrogen) atoms. The molecule has 0 spiro atoms. The number of rotatable bonds is 2. The van der Waals surface area contributed by atoms with E-state index in [9.17, 15) is 14.3 Å². The van der Waals surface area contributed by atoms with Crippen molar-refractivity contribution < 1.29 is 19.0 Å². The molecule has 0 saturated carbocycles. The smallest absolute Gasteiger partial charge is 0.313 e. The summed E-state index contributed by atoms with van der Waals surface area (Å²) in [6, 6.07) is 2.42. The summed E-state index contributed by atoms with van der Waals surface area (Å²) in [4.78, 5) is 15.7. The van der Waals surface area contributed by atoms with Crippen molar-refractivity contribution in [2.45, 2.75) is 32.8 Å². The lowest BCUT2D eigenvalue weighted by Gasteiger charge is -2.18. The van der Waals surface area contributed by atoms with Crippen LogP contribution in [-0.2, 0) is 16.0 Å². The maximum absolute atomic E-state index is 13.5. The Bertz CT molecular complexity index is 592. The summed E-state index contributed by atoms with van der Waals surface area (Å²) in [6.07, 6.45) is -0.0322. The van der Waals surface area contributed by atoms with Crippen molar-refractivity contribution in [2.24, 2.45) is 0 Å². The molecule has 4 nitrogen and oxygen atoms in total. The van der Waals surface area contributed by atoms with Gasteiger partial charge in [-0.15, -0.1) is 11.3 Å². The van der Waals surface area contributed by atoms with E-state index in [4.69, 9.17) is 4.74 Å². The summed E-state index contributed by atoms with van der Waals surface area (Å²) in [5.74, 6) is -0.977. The van der Waals surface area contributed by atoms with E-state index in [2.05, 4.69) is 4.98 Å². The first-order valence-electron chi connectivity index (χ1n) is 5.75. The van der Waals surface area contributed by atoms with Crippen LogP contribution in [0.1, 0.15) is 25.8 Å². The van der Waals surface area contributed by atoms with E-state index < -0.39 is 17.4 Å².